The quantitative estimate of drug-likeness (QED) is 0.606. The number of hydrogen-bond donors (Lipinski definition) is 4. The molecule has 2 fully saturated rings. The van der Waals surface area contributed by atoms with E-state index in [9.17, 15) is 19.8 Å². The second-order valence-electron chi connectivity index (χ2n) is 7.51. The van der Waals surface area contributed by atoms with E-state index >= 15 is 0 Å². The van der Waals surface area contributed by atoms with Crippen LogP contribution in [-0.4, -0.2) is 46.3 Å². The number of aliphatic hydroxyl groups excluding tert-OH is 2. The first-order valence-corrected chi connectivity index (χ1v) is 9.09. The first-order chi connectivity index (χ1) is 11.2. The highest BCUT2D eigenvalue weighted by atomic mass is 16.3. The Hall–Kier alpha value is -1.14. The average Bonchev–Trinajstić information content (AvgIpc) is 2.46. The molecule has 2 amide bonds. The Morgan fingerprint density at radius 3 is 1.32 bits per heavy atom. The lowest BCUT2D eigenvalue weighted by Crippen LogP contribution is -2.40. The second kappa shape index (κ2) is 11.5. The van der Waals surface area contributed by atoms with Gasteiger partial charge in [-0.3, -0.25) is 9.59 Å². The summed E-state index contributed by atoms with van der Waals surface area (Å²) in [6, 6.07) is 0.557. The molecule has 0 saturated heterocycles. The van der Waals surface area contributed by atoms with Gasteiger partial charge in [0.05, 0.1) is 12.2 Å². The predicted octanol–water partition coefficient (Wildman–Crippen LogP) is 1.98. The second-order valence-corrected chi connectivity index (χ2v) is 7.51. The Balaban J connectivity index is 0.000000443. The molecule has 6 heteroatoms. The fraction of sp³-hybridized carbons (Fsp3) is 0.895. The van der Waals surface area contributed by atoms with E-state index < -0.39 is 0 Å². The molecule has 0 heterocycles. The molecular formula is C19H38N2O4. The van der Waals surface area contributed by atoms with Crippen molar-refractivity contribution in [3.63, 3.8) is 0 Å². The molecule has 0 aliphatic heterocycles. The van der Waals surface area contributed by atoms with Gasteiger partial charge in [-0.15, -0.1) is 0 Å². The van der Waals surface area contributed by atoms with Gasteiger partial charge in [-0.05, 0) is 50.4 Å². The highest BCUT2D eigenvalue weighted by Crippen LogP contribution is 2.24. The van der Waals surface area contributed by atoms with E-state index in [1.807, 2.05) is 13.8 Å². The summed E-state index contributed by atoms with van der Waals surface area (Å²) in [5, 5.41) is 24.6. The fourth-order valence-corrected chi connectivity index (χ4v) is 3.60. The molecule has 0 aromatic carbocycles. The van der Waals surface area contributed by atoms with Gasteiger partial charge < -0.3 is 20.8 Å². The number of nitrogens with one attached hydrogen (secondary N) is 2. The molecule has 0 unspecified atom stereocenters. The van der Waals surface area contributed by atoms with Crippen LogP contribution < -0.4 is 10.6 Å². The number of aliphatic hydroxyl groups is 2. The van der Waals surface area contributed by atoms with Gasteiger partial charge in [0.1, 0.15) is 0 Å². The maximum atomic E-state index is 10.7. The zero-order valence-corrected chi connectivity index (χ0v) is 15.4. The molecule has 148 valence electrons. The number of rotatable bonds is 2. The third-order valence-corrected chi connectivity index (χ3v) is 5.06. The molecule has 2 saturated carbocycles. The minimum absolute atomic E-state index is 0. The molecule has 2 aliphatic rings. The van der Waals surface area contributed by atoms with Crippen LogP contribution in [0.4, 0.5) is 0 Å². The van der Waals surface area contributed by atoms with Crippen LogP contribution in [0.3, 0.4) is 0 Å². The van der Waals surface area contributed by atoms with Gasteiger partial charge in [-0.2, -0.15) is 0 Å². The van der Waals surface area contributed by atoms with Crippen molar-refractivity contribution in [1.82, 2.24) is 10.6 Å². The SMILES string of the molecule is C.CC(=O)N[C@@H]1CC[C@H](O)[C@@H](C)C1.CC(=O)N[C@H]1CC[C@@H](O)[C@H](C)C1. The molecular weight excluding hydrogens is 320 g/mol. The minimum Gasteiger partial charge on any atom is -0.393 e. The van der Waals surface area contributed by atoms with Crippen molar-refractivity contribution in [1.29, 1.82) is 0 Å². The van der Waals surface area contributed by atoms with Gasteiger partial charge in [-0.25, -0.2) is 0 Å². The predicted molar refractivity (Wildman–Crippen MR) is 100.0 cm³/mol. The third-order valence-electron chi connectivity index (χ3n) is 5.06. The van der Waals surface area contributed by atoms with Gasteiger partial charge >= 0.3 is 0 Å². The van der Waals surface area contributed by atoms with Crippen LogP contribution in [0.1, 0.15) is 73.6 Å². The van der Waals surface area contributed by atoms with Crippen LogP contribution in [0.25, 0.3) is 0 Å². The summed E-state index contributed by atoms with van der Waals surface area (Å²) in [5.41, 5.74) is 0. The Kier molecular flexibility index (Phi) is 10.9. The highest BCUT2D eigenvalue weighted by molar-refractivity contribution is 5.73. The first-order valence-electron chi connectivity index (χ1n) is 9.09. The van der Waals surface area contributed by atoms with Gasteiger partial charge in [-0.1, -0.05) is 21.3 Å². The summed E-state index contributed by atoms with van der Waals surface area (Å²) in [4.78, 5) is 21.5. The molecule has 4 N–H and O–H groups in total. The highest BCUT2D eigenvalue weighted by Gasteiger charge is 2.26. The number of hydrogen-bond acceptors (Lipinski definition) is 4. The normalized spacial score (nSPS) is 34.6. The van der Waals surface area contributed by atoms with Crippen molar-refractivity contribution in [2.75, 3.05) is 0 Å². The molecule has 2 rings (SSSR count). The van der Waals surface area contributed by atoms with Crippen molar-refractivity contribution in [3.8, 4) is 0 Å². The molecule has 0 radical (unpaired) electrons. The monoisotopic (exact) mass is 358 g/mol. The summed E-state index contributed by atoms with van der Waals surface area (Å²) < 4.78 is 0. The number of carbonyl (C=O) groups is 2. The van der Waals surface area contributed by atoms with Crippen LogP contribution in [0.5, 0.6) is 0 Å². The third kappa shape index (κ3) is 9.21. The molecule has 0 aromatic rings. The number of amides is 2. The summed E-state index contributed by atoms with van der Waals surface area (Å²) in [6.07, 6.45) is 4.90. The zero-order chi connectivity index (χ0) is 18.3. The summed E-state index contributed by atoms with van der Waals surface area (Å²) in [5.74, 6) is 0.693. The molecule has 2 aliphatic carbocycles. The van der Waals surface area contributed by atoms with Crippen molar-refractivity contribution in [3.05, 3.63) is 0 Å². The van der Waals surface area contributed by atoms with E-state index in [1.54, 1.807) is 0 Å². The lowest BCUT2D eigenvalue weighted by molar-refractivity contribution is -0.121. The standard InChI is InChI=1S/2C9H17NO2.CH4/c2*1-6-5-8(10-7(2)11)3-4-9(6)12;/h2*6,8-9,12H,3-5H2,1-2H3,(H,10,11);1H4/t2*6-,8+,9-;/m10./s1. The Labute approximate surface area is 152 Å². The topological polar surface area (TPSA) is 98.7 Å². The Morgan fingerprint density at radius 1 is 0.760 bits per heavy atom. The summed E-state index contributed by atoms with van der Waals surface area (Å²) in [7, 11) is 0. The Bertz CT molecular complexity index is 378. The number of carbonyl (C=O) groups excluding carboxylic acids is 2. The molecule has 0 spiro atoms. The van der Waals surface area contributed by atoms with Gasteiger partial charge in [0, 0.05) is 25.9 Å². The van der Waals surface area contributed by atoms with Gasteiger partial charge in [0.25, 0.3) is 0 Å². The van der Waals surface area contributed by atoms with Crippen LogP contribution in [0.2, 0.25) is 0 Å². The first kappa shape index (κ1) is 23.9. The molecule has 6 atom stereocenters. The van der Waals surface area contributed by atoms with E-state index in [4.69, 9.17) is 0 Å². The van der Waals surface area contributed by atoms with Crippen molar-refractivity contribution < 1.29 is 19.8 Å². The largest absolute Gasteiger partial charge is 0.393 e. The maximum absolute atomic E-state index is 10.7. The molecule has 6 nitrogen and oxygen atoms in total. The minimum atomic E-state index is -0.171. The van der Waals surface area contributed by atoms with E-state index in [0.717, 1.165) is 38.5 Å². The molecule has 0 aromatic heterocycles. The zero-order valence-electron chi connectivity index (χ0n) is 15.4. The smallest absolute Gasteiger partial charge is 0.217 e. The Morgan fingerprint density at radius 2 is 1.08 bits per heavy atom. The average molecular weight is 359 g/mol. The van der Waals surface area contributed by atoms with Crippen LogP contribution in [0, 0.1) is 11.8 Å². The lowest BCUT2D eigenvalue weighted by Gasteiger charge is -2.31. The van der Waals surface area contributed by atoms with E-state index in [-0.39, 0.29) is 43.5 Å². The van der Waals surface area contributed by atoms with Crippen molar-refractivity contribution in [2.24, 2.45) is 11.8 Å². The van der Waals surface area contributed by atoms with Crippen molar-refractivity contribution in [2.45, 2.75) is 97.9 Å². The summed E-state index contributed by atoms with van der Waals surface area (Å²) >= 11 is 0. The lowest BCUT2D eigenvalue weighted by atomic mass is 9.84. The van der Waals surface area contributed by atoms with Crippen molar-refractivity contribution >= 4 is 11.8 Å². The van der Waals surface area contributed by atoms with Crippen LogP contribution in [-0.2, 0) is 9.59 Å². The molecule has 25 heavy (non-hydrogen) atoms. The maximum Gasteiger partial charge on any atom is 0.217 e. The summed E-state index contributed by atoms with van der Waals surface area (Å²) in [6.45, 7) is 7.13. The molecule has 0 bridgehead atoms. The van der Waals surface area contributed by atoms with E-state index in [0.29, 0.717) is 11.8 Å². The van der Waals surface area contributed by atoms with Crippen LogP contribution in [0.15, 0.2) is 0 Å². The van der Waals surface area contributed by atoms with Gasteiger partial charge in [0.2, 0.25) is 11.8 Å². The van der Waals surface area contributed by atoms with E-state index in [1.165, 1.54) is 13.8 Å². The van der Waals surface area contributed by atoms with Crippen LogP contribution >= 0.6 is 0 Å². The van der Waals surface area contributed by atoms with E-state index in [2.05, 4.69) is 10.6 Å². The fourth-order valence-electron chi connectivity index (χ4n) is 3.60. The van der Waals surface area contributed by atoms with Gasteiger partial charge in [0.15, 0.2) is 0 Å².